The van der Waals surface area contributed by atoms with Gasteiger partial charge in [0.15, 0.2) is 6.29 Å². The van der Waals surface area contributed by atoms with E-state index in [9.17, 15) is 14.7 Å². The molecule has 0 atom stereocenters. The summed E-state index contributed by atoms with van der Waals surface area (Å²) in [5.41, 5.74) is 2.35. The molecule has 0 saturated heterocycles. The van der Waals surface area contributed by atoms with Gasteiger partial charge in [-0.3, -0.25) is 4.79 Å². The Morgan fingerprint density at radius 2 is 1.85 bits per heavy atom. The molecule has 5 heteroatoms. The van der Waals surface area contributed by atoms with E-state index in [4.69, 9.17) is 4.74 Å². The molecule has 0 aliphatic carbocycles. The molecule has 0 saturated carbocycles. The number of aromatic hydroxyl groups is 1. The Morgan fingerprint density at radius 3 is 2.46 bits per heavy atom. The van der Waals surface area contributed by atoms with Gasteiger partial charge in [-0.05, 0) is 56.7 Å². The smallest absolute Gasteiger partial charge is 0.338 e. The van der Waals surface area contributed by atoms with Crippen molar-refractivity contribution in [3.63, 3.8) is 0 Å². The van der Waals surface area contributed by atoms with Crippen molar-refractivity contribution in [2.75, 3.05) is 0 Å². The molecule has 26 heavy (non-hydrogen) atoms. The topological polar surface area (TPSA) is 68.5 Å². The van der Waals surface area contributed by atoms with Gasteiger partial charge in [0.1, 0.15) is 11.4 Å². The maximum atomic E-state index is 12.1. The maximum Gasteiger partial charge on any atom is 0.338 e. The lowest BCUT2D eigenvalue weighted by Crippen LogP contribution is -2.23. The summed E-state index contributed by atoms with van der Waals surface area (Å²) >= 11 is 0. The van der Waals surface area contributed by atoms with E-state index in [0.29, 0.717) is 23.1 Å². The fourth-order valence-electron chi connectivity index (χ4n) is 2.82. The number of phenolic OH excluding ortho intramolecular Hbond substituents is 1. The van der Waals surface area contributed by atoms with Gasteiger partial charge >= 0.3 is 5.97 Å². The molecule has 0 radical (unpaired) electrons. The highest BCUT2D eigenvalue weighted by atomic mass is 16.6. The molecule has 0 aliphatic heterocycles. The second-order valence-electron chi connectivity index (χ2n) is 7.23. The maximum absolute atomic E-state index is 12.1. The molecule has 3 rings (SSSR count). The average Bonchev–Trinajstić information content (AvgIpc) is 2.91. The van der Waals surface area contributed by atoms with E-state index in [1.807, 2.05) is 37.5 Å². The van der Waals surface area contributed by atoms with Crippen LogP contribution in [0, 0.1) is 0 Å². The minimum absolute atomic E-state index is 0.125. The molecular formula is C21H21NO4. The molecule has 0 bridgehead atoms. The Morgan fingerprint density at radius 1 is 1.15 bits per heavy atom. The summed E-state index contributed by atoms with van der Waals surface area (Å²) in [6.45, 7) is 6.04. The van der Waals surface area contributed by atoms with Gasteiger partial charge in [0.2, 0.25) is 0 Å². The first-order valence-electron chi connectivity index (χ1n) is 8.36. The molecule has 1 aromatic heterocycles. The monoisotopic (exact) mass is 351 g/mol. The normalized spacial score (nSPS) is 11.5. The molecule has 0 amide bonds. The van der Waals surface area contributed by atoms with Crippen LogP contribution < -0.4 is 0 Å². The quantitative estimate of drug-likeness (QED) is 0.566. The number of esters is 1. The number of phenols is 1. The van der Waals surface area contributed by atoms with Gasteiger partial charge in [0.05, 0.1) is 5.56 Å². The SMILES string of the molecule is CC(C)(C)OC(=O)c1ccc(Cn2cc(C=O)c3cc(O)ccc32)cc1. The average molecular weight is 351 g/mol. The number of carbonyl (C=O) groups excluding carboxylic acids is 2. The summed E-state index contributed by atoms with van der Waals surface area (Å²) in [7, 11) is 0. The zero-order chi connectivity index (χ0) is 18.9. The fourth-order valence-corrected chi connectivity index (χ4v) is 2.82. The molecule has 0 aliphatic rings. The molecular weight excluding hydrogens is 330 g/mol. The first-order valence-corrected chi connectivity index (χ1v) is 8.36. The lowest BCUT2D eigenvalue weighted by atomic mass is 10.1. The van der Waals surface area contributed by atoms with Crippen LogP contribution in [-0.2, 0) is 11.3 Å². The molecule has 0 unspecified atom stereocenters. The summed E-state index contributed by atoms with van der Waals surface area (Å²) < 4.78 is 7.31. The predicted molar refractivity (Wildman–Crippen MR) is 99.7 cm³/mol. The minimum Gasteiger partial charge on any atom is -0.508 e. The number of benzene rings is 2. The highest BCUT2D eigenvalue weighted by Crippen LogP contribution is 2.25. The zero-order valence-electron chi connectivity index (χ0n) is 15.0. The fraction of sp³-hybridized carbons (Fsp3) is 0.238. The van der Waals surface area contributed by atoms with Gasteiger partial charge in [-0.2, -0.15) is 0 Å². The van der Waals surface area contributed by atoms with Gasteiger partial charge in [-0.1, -0.05) is 12.1 Å². The summed E-state index contributed by atoms with van der Waals surface area (Å²) in [5, 5.41) is 10.4. The van der Waals surface area contributed by atoms with Crippen LogP contribution in [0.3, 0.4) is 0 Å². The Labute approximate surface area is 151 Å². The van der Waals surface area contributed by atoms with Crippen LogP contribution in [0.5, 0.6) is 5.75 Å². The number of aldehydes is 1. The van der Waals surface area contributed by atoms with Crippen molar-refractivity contribution < 1.29 is 19.4 Å². The van der Waals surface area contributed by atoms with E-state index < -0.39 is 5.60 Å². The van der Waals surface area contributed by atoms with Gasteiger partial charge in [-0.25, -0.2) is 4.79 Å². The van der Waals surface area contributed by atoms with E-state index in [-0.39, 0.29) is 11.7 Å². The van der Waals surface area contributed by atoms with Crippen molar-refractivity contribution in [2.45, 2.75) is 32.9 Å². The third-order valence-electron chi connectivity index (χ3n) is 3.96. The summed E-state index contributed by atoms with van der Waals surface area (Å²) in [5.74, 6) is -0.228. The first-order chi connectivity index (χ1) is 12.3. The van der Waals surface area contributed by atoms with Crippen LogP contribution in [-0.4, -0.2) is 27.5 Å². The van der Waals surface area contributed by atoms with Crippen molar-refractivity contribution in [1.82, 2.24) is 4.57 Å². The third kappa shape index (κ3) is 3.77. The van der Waals surface area contributed by atoms with Crippen LogP contribution in [0.1, 0.15) is 47.1 Å². The Hall–Kier alpha value is -3.08. The van der Waals surface area contributed by atoms with Crippen molar-refractivity contribution in [2.24, 2.45) is 0 Å². The van der Waals surface area contributed by atoms with E-state index in [1.54, 1.807) is 36.5 Å². The number of rotatable bonds is 4. The number of nitrogens with zero attached hydrogens (tertiary/aromatic N) is 1. The molecule has 2 aromatic carbocycles. The van der Waals surface area contributed by atoms with E-state index in [0.717, 1.165) is 17.4 Å². The number of hydrogen-bond donors (Lipinski definition) is 1. The van der Waals surface area contributed by atoms with Crippen LogP contribution in [0.4, 0.5) is 0 Å². The summed E-state index contributed by atoms with van der Waals surface area (Å²) in [6, 6.07) is 12.2. The second kappa shape index (κ2) is 6.67. The van der Waals surface area contributed by atoms with E-state index in [1.165, 1.54) is 0 Å². The molecule has 5 nitrogen and oxygen atoms in total. The zero-order valence-corrected chi connectivity index (χ0v) is 15.0. The number of carbonyl (C=O) groups is 2. The molecule has 1 N–H and O–H groups in total. The number of ether oxygens (including phenoxy) is 1. The van der Waals surface area contributed by atoms with Crippen molar-refractivity contribution in [3.05, 3.63) is 65.4 Å². The molecule has 134 valence electrons. The van der Waals surface area contributed by atoms with Crippen molar-refractivity contribution >= 4 is 23.2 Å². The van der Waals surface area contributed by atoms with E-state index in [2.05, 4.69) is 0 Å². The molecule has 1 heterocycles. The van der Waals surface area contributed by atoms with Crippen LogP contribution >= 0.6 is 0 Å². The predicted octanol–water partition coefficient (Wildman–Crippen LogP) is 4.16. The summed E-state index contributed by atoms with van der Waals surface area (Å²) in [4.78, 5) is 23.4. The van der Waals surface area contributed by atoms with Gasteiger partial charge in [0, 0.05) is 29.2 Å². The van der Waals surface area contributed by atoms with Crippen LogP contribution in [0.2, 0.25) is 0 Å². The Bertz CT molecular complexity index is 962. The van der Waals surface area contributed by atoms with E-state index >= 15 is 0 Å². The highest BCUT2D eigenvalue weighted by molar-refractivity contribution is 5.98. The second-order valence-corrected chi connectivity index (χ2v) is 7.23. The number of hydrogen-bond acceptors (Lipinski definition) is 4. The number of fused-ring (bicyclic) bond motifs is 1. The molecule has 3 aromatic rings. The molecule has 0 fully saturated rings. The standard InChI is InChI=1S/C21H21NO4/c1-21(2,3)26-20(25)15-6-4-14(5-7-15)11-22-12-16(13-23)18-10-17(24)8-9-19(18)22/h4-10,12-13,24H,11H2,1-3H3. The van der Waals surface area contributed by atoms with Crippen molar-refractivity contribution in [3.8, 4) is 5.75 Å². The number of aromatic nitrogens is 1. The van der Waals surface area contributed by atoms with Crippen LogP contribution in [0.25, 0.3) is 10.9 Å². The van der Waals surface area contributed by atoms with Gasteiger partial charge in [0.25, 0.3) is 0 Å². The van der Waals surface area contributed by atoms with Crippen molar-refractivity contribution in [1.29, 1.82) is 0 Å². The van der Waals surface area contributed by atoms with Gasteiger partial charge < -0.3 is 14.4 Å². The third-order valence-corrected chi connectivity index (χ3v) is 3.96. The summed E-state index contributed by atoms with van der Waals surface area (Å²) in [6.07, 6.45) is 2.54. The lowest BCUT2D eigenvalue weighted by molar-refractivity contribution is 0.00694. The largest absolute Gasteiger partial charge is 0.508 e. The minimum atomic E-state index is -0.531. The Kier molecular flexibility index (Phi) is 4.55. The lowest BCUT2D eigenvalue weighted by Gasteiger charge is -2.19. The van der Waals surface area contributed by atoms with Crippen LogP contribution in [0.15, 0.2) is 48.7 Å². The molecule has 0 spiro atoms. The Balaban J connectivity index is 1.85. The van der Waals surface area contributed by atoms with Gasteiger partial charge in [-0.15, -0.1) is 0 Å². The first kappa shape index (κ1) is 17.7. The highest BCUT2D eigenvalue weighted by Gasteiger charge is 2.17.